The zero-order valence-electron chi connectivity index (χ0n) is 14.9. The zero-order chi connectivity index (χ0) is 19.1. The van der Waals surface area contributed by atoms with E-state index >= 15 is 0 Å². The van der Waals surface area contributed by atoms with Crippen molar-refractivity contribution in [3.05, 3.63) is 72.1 Å². The average molecular weight is 404 g/mol. The topological polar surface area (TPSA) is 55.8 Å². The minimum Gasteiger partial charge on any atom is -0.495 e. The summed E-state index contributed by atoms with van der Waals surface area (Å²) >= 11 is 1.20. The van der Waals surface area contributed by atoms with Crippen molar-refractivity contribution in [2.24, 2.45) is 0 Å². The number of hydrogen-bond acceptors (Lipinski definition) is 5. The summed E-state index contributed by atoms with van der Waals surface area (Å²) in [5.74, 6) is 1.28. The van der Waals surface area contributed by atoms with E-state index in [1.54, 1.807) is 35.7 Å². The number of ether oxygens (including phenoxy) is 2. The molecular weight excluding hydrogens is 382 g/mol. The van der Waals surface area contributed by atoms with E-state index in [-0.39, 0.29) is 6.54 Å². The Morgan fingerprint density at radius 3 is 2.41 bits per heavy atom. The molecule has 142 valence electrons. The molecule has 0 amide bonds. The Labute approximate surface area is 163 Å². The summed E-state index contributed by atoms with van der Waals surface area (Å²) < 4.78 is 39.1. The van der Waals surface area contributed by atoms with Crippen LogP contribution in [-0.2, 0) is 10.0 Å². The summed E-state index contributed by atoms with van der Waals surface area (Å²) in [5, 5.41) is 1.76. The Morgan fingerprint density at radius 1 is 0.963 bits per heavy atom. The van der Waals surface area contributed by atoms with Gasteiger partial charge in [-0.3, -0.25) is 4.31 Å². The first-order valence-electron chi connectivity index (χ1n) is 8.50. The number of hydrogen-bond donors (Lipinski definition) is 0. The number of rotatable bonds is 9. The number of nitrogens with zero attached hydrogens (tertiary/aromatic N) is 1. The fourth-order valence-corrected chi connectivity index (χ4v) is 5.26. The van der Waals surface area contributed by atoms with Crippen LogP contribution in [0, 0.1) is 0 Å². The number of benzene rings is 2. The molecule has 0 radical (unpaired) electrons. The summed E-state index contributed by atoms with van der Waals surface area (Å²) in [6.45, 7) is 0.697. The maximum atomic E-state index is 13.2. The van der Waals surface area contributed by atoms with Crippen molar-refractivity contribution in [2.45, 2.75) is 10.6 Å². The SMILES string of the molecule is COc1ccccc1N(CCCOc1ccccc1)S(=O)(=O)c1cccs1. The molecule has 5 nitrogen and oxygen atoms in total. The highest BCUT2D eigenvalue weighted by Gasteiger charge is 2.27. The summed E-state index contributed by atoms with van der Waals surface area (Å²) in [7, 11) is -2.14. The molecule has 0 aliphatic rings. The van der Waals surface area contributed by atoms with Crippen LogP contribution in [0.4, 0.5) is 5.69 Å². The van der Waals surface area contributed by atoms with Crippen molar-refractivity contribution >= 4 is 27.0 Å². The lowest BCUT2D eigenvalue weighted by Crippen LogP contribution is -2.32. The Kier molecular flexibility index (Phi) is 6.36. The van der Waals surface area contributed by atoms with Crippen molar-refractivity contribution in [3.63, 3.8) is 0 Å². The Hall–Kier alpha value is -2.51. The van der Waals surface area contributed by atoms with Crippen LogP contribution in [0.1, 0.15) is 6.42 Å². The van der Waals surface area contributed by atoms with E-state index in [9.17, 15) is 8.42 Å². The Balaban J connectivity index is 1.80. The van der Waals surface area contributed by atoms with E-state index in [1.807, 2.05) is 36.4 Å². The lowest BCUT2D eigenvalue weighted by atomic mass is 10.3. The van der Waals surface area contributed by atoms with Gasteiger partial charge in [0.1, 0.15) is 15.7 Å². The molecule has 3 rings (SSSR count). The van der Waals surface area contributed by atoms with Gasteiger partial charge in [-0.1, -0.05) is 36.4 Å². The molecule has 0 bridgehead atoms. The molecule has 0 unspecified atom stereocenters. The molecule has 0 atom stereocenters. The van der Waals surface area contributed by atoms with Crippen LogP contribution >= 0.6 is 11.3 Å². The molecule has 2 aromatic carbocycles. The highest BCUT2D eigenvalue weighted by molar-refractivity contribution is 7.94. The highest BCUT2D eigenvalue weighted by atomic mass is 32.2. The molecule has 7 heteroatoms. The Morgan fingerprint density at radius 2 is 1.70 bits per heavy atom. The molecule has 0 aliphatic carbocycles. The fraction of sp³-hybridized carbons (Fsp3) is 0.200. The minimum absolute atomic E-state index is 0.285. The van der Waals surface area contributed by atoms with Gasteiger partial charge >= 0.3 is 0 Å². The van der Waals surface area contributed by atoms with Crippen molar-refractivity contribution < 1.29 is 17.9 Å². The van der Waals surface area contributed by atoms with Gasteiger partial charge in [0.2, 0.25) is 0 Å². The van der Waals surface area contributed by atoms with Crippen LogP contribution in [0.25, 0.3) is 0 Å². The second-order valence-corrected chi connectivity index (χ2v) is 8.73. The number of methoxy groups -OCH3 is 1. The summed E-state index contributed by atoms with van der Waals surface area (Å²) in [5.41, 5.74) is 0.521. The maximum absolute atomic E-state index is 13.2. The van der Waals surface area contributed by atoms with Gasteiger partial charge < -0.3 is 9.47 Å². The molecule has 27 heavy (non-hydrogen) atoms. The smallest absolute Gasteiger partial charge is 0.273 e. The summed E-state index contributed by atoms with van der Waals surface area (Å²) in [6.07, 6.45) is 0.539. The van der Waals surface area contributed by atoms with Crippen molar-refractivity contribution in [2.75, 3.05) is 24.6 Å². The first kappa shape index (κ1) is 19.3. The van der Waals surface area contributed by atoms with Gasteiger partial charge in [-0.2, -0.15) is 0 Å². The van der Waals surface area contributed by atoms with Crippen LogP contribution in [0.5, 0.6) is 11.5 Å². The van der Waals surface area contributed by atoms with Crippen LogP contribution in [0.15, 0.2) is 76.3 Å². The molecule has 3 aromatic rings. The van der Waals surface area contributed by atoms with Gasteiger partial charge in [-0.25, -0.2) is 8.42 Å². The monoisotopic (exact) mass is 403 g/mol. The largest absolute Gasteiger partial charge is 0.495 e. The van der Waals surface area contributed by atoms with Gasteiger partial charge in [-0.15, -0.1) is 11.3 Å². The summed E-state index contributed by atoms with van der Waals surface area (Å²) in [6, 6.07) is 19.9. The molecule has 1 aromatic heterocycles. The fourth-order valence-electron chi connectivity index (χ4n) is 2.64. The standard InChI is InChI=1S/C20H21NO4S2/c1-24-19-12-6-5-11-18(19)21(27(22,23)20-13-7-16-26-20)14-8-15-25-17-9-3-2-4-10-17/h2-7,9-13,16H,8,14-15H2,1H3. The van der Waals surface area contributed by atoms with Gasteiger partial charge in [0.05, 0.1) is 19.4 Å². The molecule has 1 heterocycles. The van der Waals surface area contributed by atoms with Crippen LogP contribution in [0.3, 0.4) is 0 Å². The first-order chi connectivity index (χ1) is 13.1. The Bertz CT molecular complexity index is 941. The molecule has 0 saturated carbocycles. The number of anilines is 1. The highest BCUT2D eigenvalue weighted by Crippen LogP contribution is 2.33. The van der Waals surface area contributed by atoms with E-state index in [0.717, 1.165) is 5.75 Å². The zero-order valence-corrected chi connectivity index (χ0v) is 16.6. The van der Waals surface area contributed by atoms with Gasteiger partial charge in [0.15, 0.2) is 0 Å². The number of sulfonamides is 1. The number of para-hydroxylation sites is 3. The maximum Gasteiger partial charge on any atom is 0.273 e. The third-order valence-electron chi connectivity index (χ3n) is 3.91. The van der Waals surface area contributed by atoms with Gasteiger partial charge in [-0.05, 0) is 35.7 Å². The van der Waals surface area contributed by atoms with E-state index < -0.39 is 10.0 Å². The molecular formula is C20H21NO4S2. The van der Waals surface area contributed by atoms with Crippen molar-refractivity contribution in [3.8, 4) is 11.5 Å². The van der Waals surface area contributed by atoms with Gasteiger partial charge in [0, 0.05) is 13.0 Å². The second-order valence-electron chi connectivity index (χ2n) is 5.70. The average Bonchev–Trinajstić information content (AvgIpc) is 3.24. The first-order valence-corrected chi connectivity index (χ1v) is 10.8. The third kappa shape index (κ3) is 4.61. The molecule has 0 aliphatic heterocycles. The van der Waals surface area contributed by atoms with E-state index in [1.165, 1.54) is 22.8 Å². The molecule has 0 N–H and O–H groups in total. The predicted octanol–water partition coefficient (Wildman–Crippen LogP) is 4.42. The predicted molar refractivity (Wildman–Crippen MR) is 108 cm³/mol. The third-order valence-corrected chi connectivity index (χ3v) is 7.10. The summed E-state index contributed by atoms with van der Waals surface area (Å²) in [4.78, 5) is 0. The van der Waals surface area contributed by atoms with Crippen LogP contribution in [-0.4, -0.2) is 28.7 Å². The van der Waals surface area contributed by atoms with Crippen molar-refractivity contribution in [1.29, 1.82) is 0 Å². The van der Waals surface area contributed by atoms with Crippen molar-refractivity contribution in [1.82, 2.24) is 0 Å². The van der Waals surface area contributed by atoms with Crippen LogP contribution < -0.4 is 13.8 Å². The van der Waals surface area contributed by atoms with E-state index in [4.69, 9.17) is 9.47 Å². The molecule has 0 fully saturated rings. The quantitative estimate of drug-likeness (QED) is 0.496. The second kappa shape index (κ2) is 8.92. The molecule has 0 spiro atoms. The lowest BCUT2D eigenvalue weighted by molar-refractivity contribution is 0.313. The number of thiophene rings is 1. The normalized spacial score (nSPS) is 11.1. The van der Waals surface area contributed by atoms with Crippen LogP contribution in [0.2, 0.25) is 0 Å². The minimum atomic E-state index is -3.67. The van der Waals surface area contributed by atoms with E-state index in [0.29, 0.717) is 28.7 Å². The lowest BCUT2D eigenvalue weighted by Gasteiger charge is -2.25. The van der Waals surface area contributed by atoms with E-state index in [2.05, 4.69) is 0 Å². The van der Waals surface area contributed by atoms with Gasteiger partial charge in [0.25, 0.3) is 10.0 Å². The molecule has 0 saturated heterocycles.